The Hall–Kier alpha value is -3.10. The summed E-state index contributed by atoms with van der Waals surface area (Å²) >= 11 is 0. The molecule has 314 valence electrons. The molecule has 0 aliphatic carbocycles. The molecule has 57 heavy (non-hydrogen) atoms. The van der Waals surface area contributed by atoms with E-state index in [1.807, 2.05) is 4.98 Å². The summed E-state index contributed by atoms with van der Waals surface area (Å²) < 4.78 is 95.8. The zero-order valence-electron chi connectivity index (χ0n) is 28.4. The van der Waals surface area contributed by atoms with E-state index >= 15 is 0 Å². The number of aromatic amines is 1. The third-order valence-corrected chi connectivity index (χ3v) is 14.1. The monoisotopic (exact) mass is 891 g/mol. The minimum atomic E-state index is -6.22. The molecule has 1 aromatic carbocycles. The highest BCUT2D eigenvalue weighted by Crippen LogP contribution is 2.71. The Morgan fingerprint density at radius 2 is 1.26 bits per heavy atom. The maximum Gasteiger partial charge on any atom is 0.490 e. The Balaban J connectivity index is 1.05. The lowest BCUT2D eigenvalue weighted by Crippen LogP contribution is -2.36. The number of phosphoric ester groups is 2. The lowest BCUT2D eigenvalue weighted by atomic mass is 10.1. The van der Waals surface area contributed by atoms with E-state index in [1.54, 1.807) is 30.3 Å². The van der Waals surface area contributed by atoms with Crippen LogP contribution in [0.1, 0.15) is 18.0 Å². The van der Waals surface area contributed by atoms with Gasteiger partial charge < -0.3 is 54.5 Å². The van der Waals surface area contributed by atoms with E-state index in [4.69, 9.17) is 29.2 Å². The largest absolute Gasteiger partial charge is 0.490 e. The van der Waals surface area contributed by atoms with Crippen LogP contribution in [0.5, 0.6) is 0 Å². The third kappa shape index (κ3) is 10.8. The zero-order chi connectivity index (χ0) is 41.5. The van der Waals surface area contributed by atoms with E-state index in [-0.39, 0.29) is 12.2 Å². The lowest BCUT2D eigenvalue weighted by Gasteiger charge is -2.23. The molecule has 31 heteroatoms. The Morgan fingerprint density at radius 1 is 0.702 bits per heavy atom. The average molecular weight is 891 g/mol. The van der Waals surface area contributed by atoms with Crippen LogP contribution in [0.15, 0.2) is 69.2 Å². The standard InChI is InChI=1S/C26H33N5O22P4/c27-16-6-8-30(25(35)28-16)23-20(34)19(33)14(47-23)11-45-54(37,38)51-56(41,42)53-57(43,44)52-55(39,40)46-12-15-21-22(24(48-15)31-9-7-17(32)29-26(31)36)50-18(49-21)10-13-4-2-1-3-5-13/h1-9,14-15,18-24,33-34H,10-12H2,(H,37,38)(H,39,40)(H,41,42)(H,43,44)(H2,27,28,35)(H,29,32,36)/t14-,15-,18?,19-,20-,21-,22-,23-,24-/m1/s1. The molecular weight excluding hydrogens is 858 g/mol. The fraction of sp³-hybridized carbons (Fsp3) is 0.462. The second-order valence-electron chi connectivity index (χ2n) is 12.2. The summed E-state index contributed by atoms with van der Waals surface area (Å²) in [5, 5.41) is 20.6. The van der Waals surface area contributed by atoms with Crippen molar-refractivity contribution < 1.29 is 89.0 Å². The van der Waals surface area contributed by atoms with E-state index in [1.165, 1.54) is 0 Å². The van der Waals surface area contributed by atoms with Crippen LogP contribution in [0.3, 0.4) is 0 Å². The molecule has 0 bridgehead atoms. The smallest absolute Gasteiger partial charge is 0.387 e. The van der Waals surface area contributed by atoms with Crippen molar-refractivity contribution in [2.24, 2.45) is 0 Å². The number of nitrogens with zero attached hydrogens (tertiary/aromatic N) is 3. The Bertz CT molecular complexity index is 2310. The van der Waals surface area contributed by atoms with Crippen LogP contribution in [-0.4, -0.2) is 105 Å². The summed E-state index contributed by atoms with van der Waals surface area (Å²) in [7, 11) is -24.0. The molecule has 0 radical (unpaired) electrons. The molecule has 3 fully saturated rings. The van der Waals surface area contributed by atoms with Gasteiger partial charge in [-0.25, -0.2) is 27.8 Å². The predicted octanol–water partition coefficient (Wildman–Crippen LogP) is -1.27. The topological polar surface area (TPSA) is 388 Å². The van der Waals surface area contributed by atoms with Gasteiger partial charge in [0.05, 0.1) is 13.2 Å². The van der Waals surface area contributed by atoms with Gasteiger partial charge in [0, 0.05) is 24.9 Å². The number of nitrogens with one attached hydrogen (secondary N) is 1. The van der Waals surface area contributed by atoms with Crippen molar-refractivity contribution in [3.05, 3.63) is 91.7 Å². The zero-order valence-corrected chi connectivity index (χ0v) is 32.0. The van der Waals surface area contributed by atoms with Crippen molar-refractivity contribution >= 4 is 37.1 Å². The Morgan fingerprint density at radius 3 is 1.88 bits per heavy atom. The molecule has 0 amide bonds. The number of aliphatic hydroxyl groups is 2. The fourth-order valence-electron chi connectivity index (χ4n) is 5.81. The number of nitrogens with two attached hydrogens (primary N) is 1. The van der Waals surface area contributed by atoms with Gasteiger partial charge in [0.1, 0.15) is 42.4 Å². The molecule has 5 unspecified atom stereocenters. The SMILES string of the molecule is Nc1ccn([C@@H]2O[C@H](COP(=O)(O)OP(=O)(O)OP(=O)(O)OP(=O)(O)OC[C@H]3O[C@@H](n4ccc(=O)[nH]c4=O)[C@@H]4OC(Cc5ccccc5)O[C@@H]43)[C@@H](O)[C@H]2O)c(=O)n1. The molecule has 0 spiro atoms. The first-order valence-electron chi connectivity index (χ1n) is 16.0. The van der Waals surface area contributed by atoms with Crippen molar-refractivity contribution in [1.82, 2.24) is 19.1 Å². The summed E-state index contributed by atoms with van der Waals surface area (Å²) in [6.07, 6.45) is -10.4. The van der Waals surface area contributed by atoms with E-state index in [9.17, 15) is 62.4 Å². The maximum absolute atomic E-state index is 12.7. The minimum Gasteiger partial charge on any atom is -0.387 e. The first kappa shape index (κ1) is 43.5. The second kappa shape index (κ2) is 16.9. The fourth-order valence-corrected chi connectivity index (χ4v) is 10.8. The van der Waals surface area contributed by atoms with Crippen molar-refractivity contribution in [3.63, 3.8) is 0 Å². The molecule has 3 saturated heterocycles. The van der Waals surface area contributed by atoms with Crippen molar-refractivity contribution in [2.45, 2.75) is 61.8 Å². The van der Waals surface area contributed by atoms with E-state index < -0.39 is 117 Å². The number of ether oxygens (including phenoxy) is 4. The van der Waals surface area contributed by atoms with Crippen LogP contribution in [0.4, 0.5) is 5.82 Å². The van der Waals surface area contributed by atoms with Gasteiger partial charge in [-0.1, -0.05) is 30.3 Å². The molecule has 13 atom stereocenters. The molecule has 6 rings (SSSR count). The number of hydrogen-bond acceptors (Lipinski definition) is 20. The number of rotatable bonds is 16. The normalized spacial score (nSPS) is 31.5. The van der Waals surface area contributed by atoms with Crippen LogP contribution in [0.25, 0.3) is 0 Å². The first-order chi connectivity index (χ1) is 26.6. The maximum atomic E-state index is 12.7. The van der Waals surface area contributed by atoms with Gasteiger partial charge in [0.25, 0.3) is 5.56 Å². The average Bonchev–Trinajstić information content (AvgIpc) is 3.73. The number of benzene rings is 1. The molecule has 27 nitrogen and oxygen atoms in total. The highest BCUT2D eigenvalue weighted by atomic mass is 31.3. The highest BCUT2D eigenvalue weighted by molar-refractivity contribution is 7.69. The number of aromatic nitrogens is 4. The first-order valence-corrected chi connectivity index (χ1v) is 22.0. The summed E-state index contributed by atoms with van der Waals surface area (Å²) in [5.41, 5.74) is 3.56. The molecule has 0 saturated carbocycles. The van der Waals surface area contributed by atoms with Crippen molar-refractivity contribution in [1.29, 1.82) is 0 Å². The van der Waals surface area contributed by atoms with Crippen LogP contribution < -0.4 is 22.7 Å². The van der Waals surface area contributed by atoms with Gasteiger partial charge in [-0.15, -0.1) is 0 Å². The van der Waals surface area contributed by atoms with E-state index in [0.29, 0.717) is 0 Å². The summed E-state index contributed by atoms with van der Waals surface area (Å²) in [4.78, 5) is 81.9. The van der Waals surface area contributed by atoms with Crippen LogP contribution >= 0.6 is 31.3 Å². The summed E-state index contributed by atoms with van der Waals surface area (Å²) in [6.45, 7) is -2.15. The van der Waals surface area contributed by atoms with Crippen LogP contribution in [-0.2, 0) is 65.6 Å². The number of aliphatic hydroxyl groups excluding tert-OH is 2. The quantitative estimate of drug-likeness (QED) is 0.0777. The van der Waals surface area contributed by atoms with Crippen LogP contribution in [0, 0.1) is 0 Å². The van der Waals surface area contributed by atoms with Crippen LogP contribution in [0.2, 0.25) is 0 Å². The van der Waals surface area contributed by atoms with Gasteiger partial charge in [-0.05, 0) is 11.6 Å². The molecule has 2 aromatic heterocycles. The van der Waals surface area contributed by atoms with Crippen molar-refractivity contribution in [3.8, 4) is 0 Å². The molecule has 9 N–H and O–H groups in total. The van der Waals surface area contributed by atoms with E-state index in [2.05, 4.69) is 22.4 Å². The minimum absolute atomic E-state index is 0.178. The predicted molar refractivity (Wildman–Crippen MR) is 182 cm³/mol. The molecule has 3 aliphatic rings. The highest BCUT2D eigenvalue weighted by Gasteiger charge is 2.55. The molecule has 3 aromatic rings. The summed E-state index contributed by atoms with van der Waals surface area (Å²) in [5.74, 6) is -0.178. The second-order valence-corrected chi connectivity index (χ2v) is 18.4. The van der Waals surface area contributed by atoms with Gasteiger partial charge in [-0.2, -0.15) is 17.9 Å². The number of anilines is 1. The Kier molecular flexibility index (Phi) is 12.9. The third-order valence-electron chi connectivity index (χ3n) is 8.16. The van der Waals surface area contributed by atoms with Gasteiger partial charge in [0.2, 0.25) is 0 Å². The van der Waals surface area contributed by atoms with Gasteiger partial charge in [-0.3, -0.25) is 28.0 Å². The molecular formula is C26H33N5O22P4. The lowest BCUT2D eigenvalue weighted by molar-refractivity contribution is -0.150. The van der Waals surface area contributed by atoms with Gasteiger partial charge >= 0.3 is 42.7 Å². The number of hydrogen-bond donors (Lipinski definition) is 8. The number of H-pyrrole nitrogens is 1. The molecule has 5 heterocycles. The van der Waals surface area contributed by atoms with E-state index in [0.717, 1.165) is 39.2 Å². The number of phosphoric acid groups is 4. The molecule has 3 aliphatic heterocycles. The van der Waals surface area contributed by atoms with Crippen molar-refractivity contribution in [2.75, 3.05) is 18.9 Å². The number of nitrogen functional groups attached to an aromatic ring is 1. The number of fused-ring (bicyclic) bond motifs is 1. The summed E-state index contributed by atoms with van der Waals surface area (Å²) in [6, 6.07) is 11.1. The Labute approximate surface area is 317 Å². The van der Waals surface area contributed by atoms with Gasteiger partial charge in [0.15, 0.2) is 18.7 Å².